The average Bonchev–Trinajstić information content (AvgIpc) is 2.35. The van der Waals surface area contributed by atoms with Crippen LogP contribution in [0.5, 0.6) is 0 Å². The summed E-state index contributed by atoms with van der Waals surface area (Å²) in [5.41, 5.74) is 1.85. The fraction of sp³-hybridized carbons (Fsp3) is 0.231. The predicted molar refractivity (Wildman–Crippen MR) is 63.8 cm³/mol. The molecule has 1 N–H and O–H groups in total. The van der Waals surface area contributed by atoms with Crippen molar-refractivity contribution in [3.05, 3.63) is 42.1 Å². The van der Waals surface area contributed by atoms with Crippen LogP contribution in [0, 0.1) is 11.3 Å². The maximum atomic E-state index is 9.13. The van der Waals surface area contributed by atoms with E-state index < -0.39 is 0 Å². The van der Waals surface area contributed by atoms with Gasteiger partial charge in [0.25, 0.3) is 0 Å². The molecule has 0 aliphatic rings. The van der Waals surface area contributed by atoms with Gasteiger partial charge in [0.1, 0.15) is 6.04 Å². The minimum atomic E-state index is -0.288. The number of para-hydroxylation sites is 1. The number of rotatable bonds is 3. The summed E-state index contributed by atoms with van der Waals surface area (Å²) in [4.78, 5) is 4.34. The molecule has 0 spiro atoms. The molecule has 1 aromatic carbocycles. The standard InChI is InChI=1S/C13H13N3/c1-2-15-12(9-14)11-7-3-5-10-6-4-8-16-13(10)11/h3-8,12,15H,2H2,1H3. The molecule has 1 aromatic heterocycles. The number of nitrogens with zero attached hydrogens (tertiary/aromatic N) is 2. The second kappa shape index (κ2) is 4.73. The minimum Gasteiger partial charge on any atom is -0.298 e. The molecule has 1 unspecified atom stereocenters. The molecule has 0 fully saturated rings. The minimum absolute atomic E-state index is 0.288. The van der Waals surface area contributed by atoms with Gasteiger partial charge in [0.05, 0.1) is 11.6 Å². The molecule has 0 aliphatic carbocycles. The van der Waals surface area contributed by atoms with Crippen molar-refractivity contribution in [1.29, 1.82) is 5.26 Å². The molecule has 1 heterocycles. The molecule has 3 nitrogen and oxygen atoms in total. The van der Waals surface area contributed by atoms with Crippen molar-refractivity contribution in [1.82, 2.24) is 10.3 Å². The van der Waals surface area contributed by atoms with E-state index in [0.717, 1.165) is 23.0 Å². The highest BCUT2D eigenvalue weighted by Gasteiger charge is 2.12. The van der Waals surface area contributed by atoms with Crippen molar-refractivity contribution in [2.45, 2.75) is 13.0 Å². The van der Waals surface area contributed by atoms with Crippen LogP contribution in [-0.4, -0.2) is 11.5 Å². The monoisotopic (exact) mass is 211 g/mol. The Morgan fingerprint density at radius 1 is 1.38 bits per heavy atom. The lowest BCUT2D eigenvalue weighted by Gasteiger charge is -2.11. The Balaban J connectivity index is 2.55. The van der Waals surface area contributed by atoms with Crippen molar-refractivity contribution in [3.8, 4) is 6.07 Å². The summed E-state index contributed by atoms with van der Waals surface area (Å²) >= 11 is 0. The number of hydrogen-bond acceptors (Lipinski definition) is 3. The van der Waals surface area contributed by atoms with Crippen LogP contribution in [0.25, 0.3) is 10.9 Å². The van der Waals surface area contributed by atoms with Gasteiger partial charge in [-0.05, 0) is 12.6 Å². The lowest BCUT2D eigenvalue weighted by molar-refractivity contribution is 0.661. The highest BCUT2D eigenvalue weighted by molar-refractivity contribution is 5.82. The van der Waals surface area contributed by atoms with E-state index in [2.05, 4.69) is 16.4 Å². The zero-order valence-corrected chi connectivity index (χ0v) is 9.14. The molecule has 0 aliphatic heterocycles. The first-order valence-corrected chi connectivity index (χ1v) is 5.33. The van der Waals surface area contributed by atoms with E-state index in [1.807, 2.05) is 37.3 Å². The Morgan fingerprint density at radius 3 is 2.94 bits per heavy atom. The summed E-state index contributed by atoms with van der Waals surface area (Å²) < 4.78 is 0. The quantitative estimate of drug-likeness (QED) is 0.848. The van der Waals surface area contributed by atoms with Gasteiger partial charge in [-0.15, -0.1) is 0 Å². The van der Waals surface area contributed by atoms with Crippen LogP contribution in [0.3, 0.4) is 0 Å². The van der Waals surface area contributed by atoms with Crippen molar-refractivity contribution in [2.24, 2.45) is 0 Å². The fourth-order valence-electron chi connectivity index (χ4n) is 1.79. The Kier molecular flexibility index (Phi) is 3.13. The summed E-state index contributed by atoms with van der Waals surface area (Å²) in [5.74, 6) is 0. The Morgan fingerprint density at radius 2 is 2.19 bits per heavy atom. The van der Waals surface area contributed by atoms with Crippen molar-refractivity contribution < 1.29 is 0 Å². The molecule has 3 heteroatoms. The summed E-state index contributed by atoms with van der Waals surface area (Å²) in [6.07, 6.45) is 1.76. The first kappa shape index (κ1) is 10.6. The van der Waals surface area contributed by atoms with E-state index in [1.165, 1.54) is 0 Å². The number of fused-ring (bicyclic) bond motifs is 1. The molecule has 0 bridgehead atoms. The number of hydrogen-bond donors (Lipinski definition) is 1. The van der Waals surface area contributed by atoms with Crippen LogP contribution in [0.15, 0.2) is 36.5 Å². The summed E-state index contributed by atoms with van der Waals surface area (Å²) in [6, 6.07) is 11.8. The van der Waals surface area contributed by atoms with E-state index in [9.17, 15) is 0 Å². The van der Waals surface area contributed by atoms with Crippen LogP contribution >= 0.6 is 0 Å². The van der Waals surface area contributed by atoms with E-state index in [4.69, 9.17) is 5.26 Å². The number of aromatic nitrogens is 1. The second-order valence-electron chi connectivity index (χ2n) is 3.54. The summed E-state index contributed by atoms with van der Waals surface area (Å²) in [7, 11) is 0. The molecule has 2 aromatic rings. The third-order valence-electron chi connectivity index (χ3n) is 2.51. The van der Waals surface area contributed by atoms with Gasteiger partial charge in [0.2, 0.25) is 0 Å². The molecule has 16 heavy (non-hydrogen) atoms. The lowest BCUT2D eigenvalue weighted by atomic mass is 10.0. The third-order valence-corrected chi connectivity index (χ3v) is 2.51. The zero-order valence-electron chi connectivity index (χ0n) is 9.14. The van der Waals surface area contributed by atoms with Crippen LogP contribution in [0.4, 0.5) is 0 Å². The molecule has 0 saturated heterocycles. The van der Waals surface area contributed by atoms with E-state index in [1.54, 1.807) is 6.20 Å². The lowest BCUT2D eigenvalue weighted by Crippen LogP contribution is -2.19. The molecule has 80 valence electrons. The van der Waals surface area contributed by atoms with Gasteiger partial charge in [-0.2, -0.15) is 5.26 Å². The summed E-state index contributed by atoms with van der Waals surface area (Å²) in [5, 5.41) is 13.3. The number of nitriles is 1. The molecular formula is C13H13N3. The van der Waals surface area contributed by atoms with Crippen molar-refractivity contribution >= 4 is 10.9 Å². The molecule has 2 rings (SSSR count). The predicted octanol–water partition coefficient (Wildman–Crippen LogP) is 2.41. The van der Waals surface area contributed by atoms with E-state index in [0.29, 0.717) is 0 Å². The highest BCUT2D eigenvalue weighted by Crippen LogP contribution is 2.21. The Hall–Kier alpha value is -1.92. The van der Waals surface area contributed by atoms with E-state index >= 15 is 0 Å². The van der Waals surface area contributed by atoms with Gasteiger partial charge in [0.15, 0.2) is 0 Å². The van der Waals surface area contributed by atoms with Gasteiger partial charge >= 0.3 is 0 Å². The number of benzene rings is 1. The SMILES string of the molecule is CCNC(C#N)c1cccc2cccnc12. The van der Waals surface area contributed by atoms with Crippen molar-refractivity contribution in [3.63, 3.8) is 0 Å². The normalized spacial score (nSPS) is 12.2. The van der Waals surface area contributed by atoms with Crippen LogP contribution in [-0.2, 0) is 0 Å². The van der Waals surface area contributed by atoms with Crippen molar-refractivity contribution in [2.75, 3.05) is 6.54 Å². The first-order chi connectivity index (χ1) is 7.86. The molecule has 0 radical (unpaired) electrons. The Labute approximate surface area is 94.7 Å². The smallest absolute Gasteiger partial charge is 0.123 e. The van der Waals surface area contributed by atoms with Gasteiger partial charge in [-0.3, -0.25) is 10.3 Å². The van der Waals surface area contributed by atoms with Crippen LogP contribution in [0.1, 0.15) is 18.5 Å². The number of nitrogens with one attached hydrogen (secondary N) is 1. The van der Waals surface area contributed by atoms with Gasteiger partial charge in [-0.1, -0.05) is 31.2 Å². The second-order valence-corrected chi connectivity index (χ2v) is 3.54. The third kappa shape index (κ3) is 1.88. The fourth-order valence-corrected chi connectivity index (χ4v) is 1.79. The average molecular weight is 211 g/mol. The van der Waals surface area contributed by atoms with Gasteiger partial charge < -0.3 is 0 Å². The molecule has 1 atom stereocenters. The first-order valence-electron chi connectivity index (χ1n) is 5.33. The van der Waals surface area contributed by atoms with E-state index in [-0.39, 0.29) is 6.04 Å². The maximum absolute atomic E-state index is 9.13. The van der Waals surface area contributed by atoms with Crippen LogP contribution in [0.2, 0.25) is 0 Å². The summed E-state index contributed by atoms with van der Waals surface area (Å²) in [6.45, 7) is 2.75. The maximum Gasteiger partial charge on any atom is 0.123 e. The molecular weight excluding hydrogens is 198 g/mol. The highest BCUT2D eigenvalue weighted by atomic mass is 14.9. The number of pyridine rings is 1. The largest absolute Gasteiger partial charge is 0.298 e. The zero-order chi connectivity index (χ0) is 11.4. The van der Waals surface area contributed by atoms with Gasteiger partial charge in [-0.25, -0.2) is 0 Å². The molecule has 0 amide bonds. The topological polar surface area (TPSA) is 48.7 Å². The molecule has 0 saturated carbocycles. The van der Waals surface area contributed by atoms with Crippen LogP contribution < -0.4 is 5.32 Å². The van der Waals surface area contributed by atoms with Gasteiger partial charge in [0, 0.05) is 17.1 Å². The Bertz CT molecular complexity index is 523.